The molecule has 0 aliphatic rings. The van der Waals surface area contributed by atoms with Gasteiger partial charge >= 0.3 is 11.9 Å². The van der Waals surface area contributed by atoms with Crippen molar-refractivity contribution >= 4 is 86.9 Å². The van der Waals surface area contributed by atoms with Crippen LogP contribution in [-0.2, 0) is 9.59 Å². The first-order valence-corrected chi connectivity index (χ1v) is 22.9. The lowest BCUT2D eigenvalue weighted by Crippen LogP contribution is -2.00. The summed E-state index contributed by atoms with van der Waals surface area (Å²) in [7, 11) is 0. The summed E-state index contributed by atoms with van der Waals surface area (Å²) < 4.78 is 12.2. The molecule has 0 aromatic heterocycles. The van der Waals surface area contributed by atoms with Crippen LogP contribution >= 0.6 is 31.9 Å². The highest BCUT2D eigenvalue weighted by atomic mass is 79.9. The van der Waals surface area contributed by atoms with Crippen LogP contribution in [0.15, 0.2) is 215 Å². The molecular formula is C60H42Br2O6. The second-order valence-electron chi connectivity index (χ2n) is 15.2. The molecule has 0 saturated heterocycles. The van der Waals surface area contributed by atoms with Crippen LogP contribution in [0.2, 0.25) is 0 Å². The van der Waals surface area contributed by atoms with E-state index >= 15 is 0 Å². The van der Waals surface area contributed by atoms with Gasteiger partial charge in [-0.25, -0.2) is 0 Å². The number of aromatic hydroxyl groups is 2. The lowest BCUT2D eigenvalue weighted by molar-refractivity contribution is -0.132. The van der Waals surface area contributed by atoms with E-state index in [1.807, 2.05) is 170 Å². The molecule has 0 heterocycles. The van der Waals surface area contributed by atoms with E-state index in [4.69, 9.17) is 9.47 Å². The third kappa shape index (κ3) is 14.4. The Labute approximate surface area is 411 Å². The van der Waals surface area contributed by atoms with Crippen molar-refractivity contribution in [3.63, 3.8) is 0 Å². The van der Waals surface area contributed by atoms with Gasteiger partial charge in [-0.05, 0) is 164 Å². The second-order valence-corrected chi connectivity index (χ2v) is 17.0. The molecule has 10 aromatic rings. The SMILES string of the molecule is CC(=O)Oc1ccc2cc(Br)ccc2c1.CC(=O)Oc1ccc2cc(C#Cc3ccccc3)ccc2c1.Oc1ccc2cc(Br)ccc2c1.Oc1ccc2cc(C#Cc3ccccc3)ccc2c1. The molecule has 2 N–H and O–H groups in total. The van der Waals surface area contributed by atoms with Crippen LogP contribution < -0.4 is 9.47 Å². The molecule has 10 rings (SSSR count). The average molecular weight is 1020 g/mol. The fraction of sp³-hybridized carbons (Fsp3) is 0.0333. The van der Waals surface area contributed by atoms with Crippen LogP contribution in [0.4, 0.5) is 0 Å². The quantitative estimate of drug-likeness (QED) is 0.102. The number of phenols is 2. The van der Waals surface area contributed by atoms with Gasteiger partial charge in [0.05, 0.1) is 0 Å². The Morgan fingerprint density at radius 2 is 0.662 bits per heavy atom. The number of hydrogen-bond donors (Lipinski definition) is 2. The second kappa shape index (κ2) is 23.4. The van der Waals surface area contributed by atoms with Crippen LogP contribution in [-0.4, -0.2) is 22.2 Å². The number of carbonyl (C=O) groups is 2. The Kier molecular flexibility index (Phi) is 16.4. The maximum absolute atomic E-state index is 11.0. The Hall–Kier alpha value is -8.14. The molecule has 0 unspecified atom stereocenters. The Morgan fingerprint density at radius 3 is 1.06 bits per heavy atom. The summed E-state index contributed by atoms with van der Waals surface area (Å²) in [6.45, 7) is 2.79. The molecule has 10 aromatic carbocycles. The first-order valence-electron chi connectivity index (χ1n) is 21.3. The minimum absolute atomic E-state index is 0.288. The zero-order valence-electron chi connectivity index (χ0n) is 36.9. The standard InChI is InChI=1S/C20H14O2.C18H12O.C12H9BrO2.C10H7BrO/c1-15(21)22-20-12-11-18-13-17(9-10-19(18)14-20)8-7-16-5-3-2-4-6-16;19-18-11-10-16-12-15(8-9-17(16)13-18)7-6-14-4-2-1-3-5-14;1-8(14)15-12-5-3-9-6-11(13)4-2-10(9)7-12;11-9-3-1-8-6-10(12)4-2-7(8)5-9/h2-6,9-14H,1H3;1-5,8-13,19H;2-7H,1H3;1-6,12H. The first kappa shape index (κ1) is 47.8. The number of esters is 2. The summed E-state index contributed by atoms with van der Waals surface area (Å²) in [5, 5.41) is 27.1. The average Bonchev–Trinajstić information content (AvgIpc) is 3.33. The van der Waals surface area contributed by atoms with Crippen LogP contribution in [0, 0.1) is 23.7 Å². The predicted molar refractivity (Wildman–Crippen MR) is 282 cm³/mol. The molecule has 68 heavy (non-hydrogen) atoms. The lowest BCUT2D eigenvalue weighted by atomic mass is 10.1. The zero-order chi connectivity index (χ0) is 47.8. The molecule has 0 atom stereocenters. The molecule has 332 valence electrons. The molecular weight excluding hydrogens is 976 g/mol. The third-order valence-electron chi connectivity index (χ3n) is 9.97. The Bertz CT molecular complexity index is 3490. The van der Waals surface area contributed by atoms with E-state index in [9.17, 15) is 19.8 Å². The molecule has 0 aliphatic heterocycles. The largest absolute Gasteiger partial charge is 0.508 e. The fourth-order valence-electron chi connectivity index (χ4n) is 6.80. The van der Waals surface area contributed by atoms with Crippen molar-refractivity contribution in [3.05, 3.63) is 237 Å². The van der Waals surface area contributed by atoms with E-state index in [2.05, 4.69) is 55.5 Å². The Balaban J connectivity index is 0.000000137. The first-order chi connectivity index (χ1) is 32.9. The van der Waals surface area contributed by atoms with Crippen molar-refractivity contribution in [1.29, 1.82) is 0 Å². The van der Waals surface area contributed by atoms with Gasteiger partial charge in [0, 0.05) is 45.0 Å². The maximum atomic E-state index is 11.0. The van der Waals surface area contributed by atoms with Crippen molar-refractivity contribution in [2.45, 2.75) is 13.8 Å². The summed E-state index contributed by atoms with van der Waals surface area (Å²) in [5.41, 5.74) is 3.93. The van der Waals surface area contributed by atoms with Crippen LogP contribution in [0.3, 0.4) is 0 Å². The van der Waals surface area contributed by atoms with Crippen molar-refractivity contribution in [2.75, 3.05) is 0 Å². The van der Waals surface area contributed by atoms with Crippen molar-refractivity contribution in [3.8, 4) is 46.7 Å². The van der Waals surface area contributed by atoms with Gasteiger partial charge in [-0.1, -0.05) is 140 Å². The minimum Gasteiger partial charge on any atom is -0.508 e. The molecule has 8 heteroatoms. The fourth-order valence-corrected chi connectivity index (χ4v) is 7.56. The monoisotopic (exact) mass is 1020 g/mol. The molecule has 0 amide bonds. The number of carbonyl (C=O) groups excluding carboxylic acids is 2. The number of ether oxygens (including phenoxy) is 2. The highest BCUT2D eigenvalue weighted by Gasteiger charge is 2.03. The van der Waals surface area contributed by atoms with E-state index in [-0.39, 0.29) is 17.7 Å². The third-order valence-corrected chi connectivity index (χ3v) is 11.0. The van der Waals surface area contributed by atoms with Gasteiger partial charge in [-0.3, -0.25) is 9.59 Å². The smallest absolute Gasteiger partial charge is 0.308 e. The summed E-state index contributed by atoms with van der Waals surface area (Å²) in [6.07, 6.45) is 0. The van der Waals surface area contributed by atoms with E-state index in [1.165, 1.54) is 13.8 Å². The highest BCUT2D eigenvalue weighted by Crippen LogP contribution is 2.26. The molecule has 0 radical (unpaired) electrons. The molecule has 0 saturated carbocycles. The van der Waals surface area contributed by atoms with E-state index in [0.29, 0.717) is 17.2 Å². The van der Waals surface area contributed by atoms with Gasteiger partial charge in [0.2, 0.25) is 0 Å². The number of phenolic OH excluding ortho intramolecular Hbond substituents is 2. The van der Waals surface area contributed by atoms with Crippen LogP contribution in [0.25, 0.3) is 43.1 Å². The highest BCUT2D eigenvalue weighted by molar-refractivity contribution is 9.10. The van der Waals surface area contributed by atoms with Gasteiger partial charge in [-0.15, -0.1) is 0 Å². The topological polar surface area (TPSA) is 93.1 Å². The molecule has 0 fully saturated rings. The van der Waals surface area contributed by atoms with Gasteiger partial charge in [0.15, 0.2) is 0 Å². The van der Waals surface area contributed by atoms with Gasteiger partial charge in [-0.2, -0.15) is 0 Å². The number of fused-ring (bicyclic) bond motifs is 4. The van der Waals surface area contributed by atoms with E-state index in [1.54, 1.807) is 36.4 Å². The van der Waals surface area contributed by atoms with Crippen LogP contribution in [0.5, 0.6) is 23.0 Å². The maximum Gasteiger partial charge on any atom is 0.308 e. The van der Waals surface area contributed by atoms with E-state index < -0.39 is 0 Å². The predicted octanol–water partition coefficient (Wildman–Crippen LogP) is 14.9. The number of benzene rings is 10. The molecule has 0 spiro atoms. The van der Waals surface area contributed by atoms with Gasteiger partial charge in [0.1, 0.15) is 23.0 Å². The lowest BCUT2D eigenvalue weighted by Gasteiger charge is -2.03. The summed E-state index contributed by atoms with van der Waals surface area (Å²) in [5.74, 6) is 13.7. The number of halogens is 2. The summed E-state index contributed by atoms with van der Waals surface area (Å²) in [6, 6.07) is 65.5. The number of hydrogen-bond acceptors (Lipinski definition) is 6. The molecule has 6 nitrogen and oxygen atoms in total. The van der Waals surface area contributed by atoms with Crippen molar-refractivity contribution in [1.82, 2.24) is 0 Å². The number of rotatable bonds is 2. The normalized spacial score (nSPS) is 10.1. The molecule has 0 bridgehead atoms. The van der Waals surface area contributed by atoms with E-state index in [0.717, 1.165) is 74.3 Å². The Morgan fingerprint density at radius 1 is 0.353 bits per heavy atom. The van der Waals surface area contributed by atoms with Gasteiger partial charge in [0.25, 0.3) is 0 Å². The van der Waals surface area contributed by atoms with Gasteiger partial charge < -0.3 is 19.7 Å². The van der Waals surface area contributed by atoms with Crippen LogP contribution in [0.1, 0.15) is 36.1 Å². The van der Waals surface area contributed by atoms with Crippen molar-refractivity contribution in [2.24, 2.45) is 0 Å². The molecule has 0 aliphatic carbocycles. The minimum atomic E-state index is -0.315. The summed E-state index contributed by atoms with van der Waals surface area (Å²) >= 11 is 6.79. The summed E-state index contributed by atoms with van der Waals surface area (Å²) in [4.78, 5) is 21.8. The van der Waals surface area contributed by atoms with Crippen molar-refractivity contribution < 1.29 is 29.3 Å². The zero-order valence-corrected chi connectivity index (χ0v) is 40.1.